The number of carbonyl (C=O) groups excluding carboxylic acids is 1. The van der Waals surface area contributed by atoms with E-state index < -0.39 is 0 Å². The molecule has 0 fully saturated rings. The van der Waals surface area contributed by atoms with Gasteiger partial charge in [0.15, 0.2) is 0 Å². The van der Waals surface area contributed by atoms with Gasteiger partial charge in [-0.3, -0.25) is 4.79 Å². The number of carbonyl (C=O) groups is 1. The first-order chi connectivity index (χ1) is 10.7. The summed E-state index contributed by atoms with van der Waals surface area (Å²) in [7, 11) is 0. The molecule has 0 radical (unpaired) electrons. The van der Waals surface area contributed by atoms with E-state index in [0.29, 0.717) is 23.7 Å². The first-order valence-corrected chi connectivity index (χ1v) is 8.12. The number of hydrogen-bond donors (Lipinski definition) is 1. The Morgan fingerprint density at radius 3 is 2.64 bits per heavy atom. The Hall–Kier alpha value is -2.45. The Morgan fingerprint density at radius 1 is 1.23 bits per heavy atom. The number of benzene rings is 2. The first-order valence-electron chi connectivity index (χ1n) is 6.72. The molecule has 1 amide bonds. The maximum Gasteiger partial charge on any atom is 0.234 e. The van der Waals surface area contributed by atoms with Crippen molar-refractivity contribution in [3.63, 3.8) is 0 Å². The van der Waals surface area contributed by atoms with E-state index in [1.807, 2.05) is 24.5 Å². The van der Waals surface area contributed by atoms with E-state index in [-0.39, 0.29) is 5.91 Å². The lowest BCUT2D eigenvalue weighted by Crippen LogP contribution is -2.13. The van der Waals surface area contributed by atoms with Gasteiger partial charge >= 0.3 is 0 Å². The summed E-state index contributed by atoms with van der Waals surface area (Å²) in [5.41, 5.74) is 2.20. The number of rotatable bonds is 6. The average Bonchev–Trinajstić information content (AvgIpc) is 2.54. The van der Waals surface area contributed by atoms with Crippen molar-refractivity contribution in [1.82, 2.24) is 0 Å². The largest absolute Gasteiger partial charge is 0.489 e. The van der Waals surface area contributed by atoms with Crippen molar-refractivity contribution in [2.45, 2.75) is 6.61 Å². The molecule has 0 heterocycles. The van der Waals surface area contributed by atoms with Gasteiger partial charge in [0.2, 0.25) is 5.91 Å². The molecular formula is C17H16N2O2S. The standard InChI is InChI=1S/C17H16N2O2S/c1-22-12-17(20)19-15-6-8-16(9-7-15)21-11-14-5-3-2-4-13(14)10-18/h2-9H,11-12H2,1H3,(H,19,20). The number of nitriles is 1. The van der Waals surface area contributed by atoms with Crippen LogP contribution in [-0.2, 0) is 11.4 Å². The fourth-order valence-electron chi connectivity index (χ4n) is 1.88. The molecule has 4 nitrogen and oxygen atoms in total. The van der Waals surface area contributed by atoms with Crippen LogP contribution in [0.25, 0.3) is 0 Å². The summed E-state index contributed by atoms with van der Waals surface area (Å²) in [6.07, 6.45) is 1.88. The highest BCUT2D eigenvalue weighted by Crippen LogP contribution is 2.18. The first kappa shape index (κ1) is 15.9. The molecule has 0 aliphatic rings. The zero-order chi connectivity index (χ0) is 15.8. The van der Waals surface area contributed by atoms with Crippen LogP contribution in [0.2, 0.25) is 0 Å². The third-order valence-corrected chi connectivity index (χ3v) is 3.50. The maximum absolute atomic E-state index is 11.5. The van der Waals surface area contributed by atoms with Gasteiger partial charge in [-0.05, 0) is 36.6 Å². The SMILES string of the molecule is CSCC(=O)Nc1ccc(OCc2ccccc2C#N)cc1. The number of nitrogens with zero attached hydrogens (tertiary/aromatic N) is 1. The lowest BCUT2D eigenvalue weighted by Gasteiger charge is -2.09. The summed E-state index contributed by atoms with van der Waals surface area (Å²) in [4.78, 5) is 11.5. The van der Waals surface area contributed by atoms with Crippen LogP contribution in [0.5, 0.6) is 5.75 Å². The maximum atomic E-state index is 11.5. The molecule has 1 N–H and O–H groups in total. The molecule has 22 heavy (non-hydrogen) atoms. The molecule has 0 atom stereocenters. The number of ether oxygens (including phenoxy) is 1. The quantitative estimate of drug-likeness (QED) is 0.887. The zero-order valence-corrected chi connectivity index (χ0v) is 13.0. The minimum Gasteiger partial charge on any atom is -0.489 e. The minimum absolute atomic E-state index is 0.0240. The average molecular weight is 312 g/mol. The normalized spacial score (nSPS) is 9.82. The summed E-state index contributed by atoms with van der Waals surface area (Å²) in [5.74, 6) is 1.10. The van der Waals surface area contributed by atoms with Crippen molar-refractivity contribution in [1.29, 1.82) is 5.26 Å². The van der Waals surface area contributed by atoms with Crippen LogP contribution in [0, 0.1) is 11.3 Å². The molecule has 0 unspecified atom stereocenters. The van der Waals surface area contributed by atoms with Crippen LogP contribution in [0.3, 0.4) is 0 Å². The van der Waals surface area contributed by atoms with Gasteiger partial charge in [0, 0.05) is 11.3 Å². The molecule has 0 saturated carbocycles. The fourth-order valence-corrected chi connectivity index (χ4v) is 2.21. The molecule has 2 aromatic rings. The van der Waals surface area contributed by atoms with Crippen molar-refractivity contribution >= 4 is 23.4 Å². The van der Waals surface area contributed by atoms with Gasteiger partial charge in [-0.15, -0.1) is 0 Å². The zero-order valence-electron chi connectivity index (χ0n) is 12.2. The summed E-state index contributed by atoms with van der Waals surface area (Å²) in [6.45, 7) is 0.335. The Morgan fingerprint density at radius 2 is 1.95 bits per heavy atom. The van der Waals surface area contributed by atoms with Crippen LogP contribution in [0.4, 0.5) is 5.69 Å². The van der Waals surface area contributed by atoms with E-state index in [4.69, 9.17) is 10.00 Å². The van der Waals surface area contributed by atoms with Crippen LogP contribution < -0.4 is 10.1 Å². The lowest BCUT2D eigenvalue weighted by molar-refractivity contribution is -0.113. The number of amides is 1. The molecule has 2 aromatic carbocycles. The molecule has 0 spiro atoms. The predicted octanol–water partition coefficient (Wildman–Crippen LogP) is 3.44. The Balaban J connectivity index is 1.94. The van der Waals surface area contributed by atoms with E-state index in [2.05, 4.69) is 11.4 Å². The Kier molecular flexibility index (Phi) is 5.87. The molecule has 0 bridgehead atoms. The molecular weight excluding hydrogens is 296 g/mol. The van der Waals surface area contributed by atoms with Crippen molar-refractivity contribution in [3.05, 3.63) is 59.7 Å². The molecule has 2 rings (SSSR count). The molecule has 0 aromatic heterocycles. The topological polar surface area (TPSA) is 62.1 Å². The van der Waals surface area contributed by atoms with Crippen molar-refractivity contribution in [2.75, 3.05) is 17.3 Å². The van der Waals surface area contributed by atoms with E-state index in [9.17, 15) is 4.79 Å². The molecule has 0 aliphatic carbocycles. The Labute approximate surface area is 134 Å². The third-order valence-electron chi connectivity index (χ3n) is 2.95. The molecule has 0 aliphatic heterocycles. The van der Waals surface area contributed by atoms with E-state index >= 15 is 0 Å². The number of anilines is 1. The van der Waals surface area contributed by atoms with Crippen molar-refractivity contribution < 1.29 is 9.53 Å². The van der Waals surface area contributed by atoms with E-state index in [1.54, 1.807) is 30.3 Å². The minimum atomic E-state index is -0.0240. The van der Waals surface area contributed by atoms with E-state index in [0.717, 1.165) is 11.3 Å². The predicted molar refractivity (Wildman–Crippen MR) is 88.9 cm³/mol. The van der Waals surface area contributed by atoms with Gasteiger partial charge in [-0.25, -0.2) is 0 Å². The van der Waals surface area contributed by atoms with Crippen LogP contribution in [0.1, 0.15) is 11.1 Å². The highest BCUT2D eigenvalue weighted by molar-refractivity contribution is 7.99. The summed E-state index contributed by atoms with van der Waals surface area (Å²) in [5, 5.41) is 11.8. The second-order valence-corrected chi connectivity index (χ2v) is 5.43. The van der Waals surface area contributed by atoms with Gasteiger partial charge < -0.3 is 10.1 Å². The third kappa shape index (κ3) is 4.54. The highest BCUT2D eigenvalue weighted by Gasteiger charge is 2.03. The summed E-state index contributed by atoms with van der Waals surface area (Å²) < 4.78 is 5.67. The van der Waals surface area contributed by atoms with Gasteiger partial charge in [0.05, 0.1) is 17.4 Å². The Bertz CT molecular complexity index is 678. The van der Waals surface area contributed by atoms with Gasteiger partial charge in [0.25, 0.3) is 0 Å². The van der Waals surface area contributed by atoms with Gasteiger partial charge in [-0.1, -0.05) is 18.2 Å². The number of hydrogen-bond acceptors (Lipinski definition) is 4. The van der Waals surface area contributed by atoms with Crippen LogP contribution in [0.15, 0.2) is 48.5 Å². The second kappa shape index (κ2) is 8.11. The van der Waals surface area contributed by atoms with Gasteiger partial charge in [0.1, 0.15) is 12.4 Å². The number of nitrogens with one attached hydrogen (secondary N) is 1. The van der Waals surface area contributed by atoms with E-state index in [1.165, 1.54) is 11.8 Å². The summed E-state index contributed by atoms with van der Waals surface area (Å²) in [6, 6.07) is 16.7. The molecule has 112 valence electrons. The smallest absolute Gasteiger partial charge is 0.234 e. The fraction of sp³-hybridized carbons (Fsp3) is 0.176. The molecule has 0 saturated heterocycles. The monoisotopic (exact) mass is 312 g/mol. The highest BCUT2D eigenvalue weighted by atomic mass is 32.2. The number of thioether (sulfide) groups is 1. The van der Waals surface area contributed by atoms with Crippen molar-refractivity contribution in [2.24, 2.45) is 0 Å². The summed E-state index contributed by atoms with van der Waals surface area (Å²) >= 11 is 1.48. The lowest BCUT2D eigenvalue weighted by atomic mass is 10.1. The second-order valence-electron chi connectivity index (χ2n) is 4.56. The molecule has 5 heteroatoms. The van der Waals surface area contributed by atoms with Gasteiger partial charge in [-0.2, -0.15) is 17.0 Å². The van der Waals surface area contributed by atoms with Crippen LogP contribution >= 0.6 is 11.8 Å². The van der Waals surface area contributed by atoms with Crippen LogP contribution in [-0.4, -0.2) is 17.9 Å². The van der Waals surface area contributed by atoms with Crippen molar-refractivity contribution in [3.8, 4) is 11.8 Å².